The minimum absolute atomic E-state index is 0.000657. The number of hydrogen-bond donors (Lipinski definition) is 0. The number of carbonyl (C=O) groups is 1. The van der Waals surface area contributed by atoms with E-state index in [1.807, 2.05) is 19.9 Å². The second-order valence-electron chi connectivity index (χ2n) is 3.89. The van der Waals surface area contributed by atoms with Crippen LogP contribution in [0.15, 0.2) is 35.2 Å². The maximum Gasteiger partial charge on any atom is 0.164 e. The molecule has 0 aliphatic heterocycles. The fourth-order valence-electron chi connectivity index (χ4n) is 1.58. The van der Waals surface area contributed by atoms with Gasteiger partial charge in [-0.25, -0.2) is 0 Å². The van der Waals surface area contributed by atoms with Gasteiger partial charge < -0.3 is 9.47 Å². The molecule has 0 amide bonds. The van der Waals surface area contributed by atoms with Crippen LogP contribution in [-0.4, -0.2) is 35.2 Å². The summed E-state index contributed by atoms with van der Waals surface area (Å²) >= 11 is 0. The monoisotopic (exact) mass is 285 g/mol. The second-order valence-corrected chi connectivity index (χ2v) is 5.34. The zero-order valence-corrected chi connectivity index (χ0v) is 12.2. The second kappa shape index (κ2) is 8.96. The van der Waals surface area contributed by atoms with Gasteiger partial charge in [0.2, 0.25) is 0 Å². The molecular formula is C14H20O4S. The molecule has 0 N–H and O–H groups in total. The van der Waals surface area contributed by atoms with Crippen molar-refractivity contribution in [3.63, 3.8) is 0 Å². The molecular weight excluding hydrogens is 265 g/mol. The predicted molar refractivity (Wildman–Crippen MR) is 74.4 cm³/mol. The highest BCUT2D eigenvalue weighted by Gasteiger charge is 2.16. The molecule has 0 radical (unpaired) electrons. The van der Waals surface area contributed by atoms with Crippen LogP contribution in [0.3, 0.4) is 0 Å². The lowest BCUT2D eigenvalue weighted by Gasteiger charge is -2.15. The van der Waals surface area contributed by atoms with Crippen LogP contribution in [0.25, 0.3) is 0 Å². The Morgan fingerprint density at radius 2 is 1.74 bits per heavy atom. The normalized spacial score (nSPS) is 12.6. The Hall–Kier alpha value is -1.04. The first kappa shape index (κ1) is 16.0. The first-order chi connectivity index (χ1) is 9.17. The van der Waals surface area contributed by atoms with Gasteiger partial charge in [-0.1, -0.05) is 18.2 Å². The van der Waals surface area contributed by atoms with Crippen molar-refractivity contribution in [1.29, 1.82) is 0 Å². The molecule has 0 aliphatic carbocycles. The molecule has 0 aliphatic rings. The van der Waals surface area contributed by atoms with Crippen molar-refractivity contribution in [2.75, 3.05) is 19.0 Å². The minimum Gasteiger partial charge on any atom is -0.352 e. The number of carbonyl (C=O) groups excluding carboxylic acids is 1. The van der Waals surface area contributed by atoms with E-state index in [9.17, 15) is 9.00 Å². The van der Waals surface area contributed by atoms with E-state index in [1.54, 1.807) is 24.3 Å². The van der Waals surface area contributed by atoms with Crippen molar-refractivity contribution in [3.8, 4) is 0 Å². The summed E-state index contributed by atoms with van der Waals surface area (Å²) in [6.07, 6.45) is -0.393. The zero-order valence-electron chi connectivity index (χ0n) is 11.3. The average molecular weight is 285 g/mol. The zero-order chi connectivity index (χ0) is 14.1. The van der Waals surface area contributed by atoms with Gasteiger partial charge in [0, 0.05) is 18.1 Å². The number of rotatable bonds is 9. The number of ketones is 1. The molecule has 0 saturated carbocycles. The van der Waals surface area contributed by atoms with E-state index in [4.69, 9.17) is 9.47 Å². The van der Waals surface area contributed by atoms with E-state index < -0.39 is 17.1 Å². The highest BCUT2D eigenvalue weighted by molar-refractivity contribution is 7.85. The average Bonchev–Trinajstić information content (AvgIpc) is 2.40. The molecule has 0 saturated heterocycles. The molecule has 0 aromatic heterocycles. The summed E-state index contributed by atoms with van der Waals surface area (Å²) in [5.41, 5.74) is 0. The Bertz CT molecular complexity index is 399. The van der Waals surface area contributed by atoms with Crippen LogP contribution in [0.1, 0.15) is 20.3 Å². The van der Waals surface area contributed by atoms with Gasteiger partial charge in [-0.05, 0) is 26.0 Å². The van der Waals surface area contributed by atoms with Gasteiger partial charge in [0.15, 0.2) is 12.1 Å². The molecule has 4 nitrogen and oxygen atoms in total. The smallest absolute Gasteiger partial charge is 0.164 e. The lowest BCUT2D eigenvalue weighted by molar-refractivity contribution is -0.150. The summed E-state index contributed by atoms with van der Waals surface area (Å²) < 4.78 is 22.6. The van der Waals surface area contributed by atoms with Crippen molar-refractivity contribution >= 4 is 16.6 Å². The SMILES string of the molecule is CCOC(CC(=O)[13CH2]S(=O)c1ccccc1)OCC. The van der Waals surface area contributed by atoms with Crippen molar-refractivity contribution in [3.05, 3.63) is 30.3 Å². The van der Waals surface area contributed by atoms with Gasteiger partial charge in [-0.3, -0.25) is 9.00 Å². The standard InChI is InChI=1S/C14H20O4S/c1-3-17-14(18-4-2)10-12(15)11-19(16)13-8-6-5-7-9-13/h5-9,14H,3-4,10-11H2,1-2H3/i11+1. The van der Waals surface area contributed by atoms with E-state index >= 15 is 0 Å². The summed E-state index contributed by atoms with van der Waals surface area (Å²) in [5.74, 6) is -0.116. The predicted octanol–water partition coefficient (Wildman–Crippen LogP) is 2.15. The van der Waals surface area contributed by atoms with Crippen LogP contribution >= 0.6 is 0 Å². The maximum atomic E-state index is 12.0. The third-order valence-electron chi connectivity index (χ3n) is 2.40. The number of benzene rings is 1. The molecule has 1 atom stereocenters. The Morgan fingerprint density at radius 3 is 2.26 bits per heavy atom. The largest absolute Gasteiger partial charge is 0.352 e. The fraction of sp³-hybridized carbons (Fsp3) is 0.500. The fourth-order valence-corrected chi connectivity index (χ4v) is 2.62. The first-order valence-corrected chi connectivity index (χ1v) is 7.67. The summed E-state index contributed by atoms with van der Waals surface area (Å²) in [7, 11) is -1.30. The Balaban J connectivity index is 2.48. The third kappa shape index (κ3) is 6.09. The molecule has 19 heavy (non-hydrogen) atoms. The van der Waals surface area contributed by atoms with Crippen LogP contribution in [0, 0.1) is 0 Å². The highest BCUT2D eigenvalue weighted by Crippen LogP contribution is 2.08. The molecule has 0 bridgehead atoms. The molecule has 106 valence electrons. The molecule has 5 heteroatoms. The minimum atomic E-state index is -1.30. The van der Waals surface area contributed by atoms with Crippen LogP contribution in [0.4, 0.5) is 0 Å². The van der Waals surface area contributed by atoms with Crippen molar-refractivity contribution < 1.29 is 18.5 Å². The Morgan fingerprint density at radius 1 is 1.16 bits per heavy atom. The van der Waals surface area contributed by atoms with Crippen LogP contribution in [-0.2, 0) is 25.1 Å². The molecule has 1 aromatic rings. The molecule has 0 fully saturated rings. The summed E-state index contributed by atoms with van der Waals surface area (Å²) in [6, 6.07) is 8.97. The van der Waals surface area contributed by atoms with Crippen LogP contribution in [0.5, 0.6) is 0 Å². The van der Waals surface area contributed by atoms with E-state index in [1.165, 1.54) is 0 Å². The van der Waals surface area contributed by atoms with E-state index in [-0.39, 0.29) is 18.0 Å². The first-order valence-electron chi connectivity index (χ1n) is 6.35. The summed E-state index contributed by atoms with van der Waals surface area (Å²) in [4.78, 5) is 12.5. The molecule has 0 spiro atoms. The van der Waals surface area contributed by atoms with E-state index in [0.717, 1.165) is 0 Å². The van der Waals surface area contributed by atoms with Gasteiger partial charge in [-0.15, -0.1) is 0 Å². The lowest BCUT2D eigenvalue weighted by atomic mass is 10.4. The van der Waals surface area contributed by atoms with Gasteiger partial charge in [0.25, 0.3) is 0 Å². The topological polar surface area (TPSA) is 52.6 Å². The number of ether oxygens (including phenoxy) is 2. The van der Waals surface area contributed by atoms with Gasteiger partial charge in [0.1, 0.15) is 0 Å². The maximum absolute atomic E-state index is 12.0. The Labute approximate surface area is 116 Å². The molecule has 1 unspecified atom stereocenters. The van der Waals surface area contributed by atoms with E-state index in [0.29, 0.717) is 18.1 Å². The molecule has 1 aromatic carbocycles. The number of Topliss-reactive ketones (excluding diaryl/α,β-unsaturated/α-hetero) is 1. The Kier molecular flexibility index (Phi) is 7.55. The van der Waals surface area contributed by atoms with Crippen molar-refractivity contribution in [1.82, 2.24) is 0 Å². The summed E-state index contributed by atoms with van der Waals surface area (Å²) in [6.45, 7) is 4.66. The van der Waals surface area contributed by atoms with Crippen LogP contribution in [0.2, 0.25) is 0 Å². The van der Waals surface area contributed by atoms with Gasteiger partial charge >= 0.3 is 0 Å². The molecule has 0 heterocycles. The van der Waals surface area contributed by atoms with Gasteiger partial charge in [-0.2, -0.15) is 0 Å². The van der Waals surface area contributed by atoms with Crippen molar-refractivity contribution in [2.24, 2.45) is 0 Å². The number of hydrogen-bond acceptors (Lipinski definition) is 4. The molecule has 1 rings (SSSR count). The van der Waals surface area contributed by atoms with E-state index in [2.05, 4.69) is 0 Å². The van der Waals surface area contributed by atoms with Crippen LogP contribution < -0.4 is 0 Å². The van der Waals surface area contributed by atoms with Crippen molar-refractivity contribution in [2.45, 2.75) is 31.5 Å². The quantitative estimate of drug-likeness (QED) is 0.515. The third-order valence-corrected chi connectivity index (χ3v) is 3.78. The summed E-state index contributed by atoms with van der Waals surface area (Å²) in [5, 5.41) is 0. The highest BCUT2D eigenvalue weighted by atomic mass is 32.2. The lowest BCUT2D eigenvalue weighted by Crippen LogP contribution is -2.24. The van der Waals surface area contributed by atoms with Gasteiger partial charge in [0.05, 0.1) is 23.0 Å².